The van der Waals surface area contributed by atoms with Crippen LogP contribution in [0.15, 0.2) is 70.6 Å². The van der Waals surface area contributed by atoms with Gasteiger partial charge in [-0.15, -0.1) is 0 Å². The van der Waals surface area contributed by atoms with Crippen LogP contribution in [-0.4, -0.2) is 60.1 Å². The van der Waals surface area contributed by atoms with Gasteiger partial charge in [0.05, 0.1) is 17.3 Å². The second kappa shape index (κ2) is 10.1. The highest BCUT2D eigenvalue weighted by Gasteiger charge is 2.19. The number of hydrogen-bond donors (Lipinski definition) is 1. The highest BCUT2D eigenvalue weighted by atomic mass is 32.2. The van der Waals surface area contributed by atoms with E-state index in [2.05, 4.69) is 52.4 Å². The van der Waals surface area contributed by atoms with Gasteiger partial charge in [-0.05, 0) is 31.2 Å². The van der Waals surface area contributed by atoms with Crippen molar-refractivity contribution in [2.24, 2.45) is 4.99 Å². The number of para-hydroxylation sites is 1. The van der Waals surface area contributed by atoms with Gasteiger partial charge in [0.25, 0.3) is 0 Å². The van der Waals surface area contributed by atoms with Crippen LogP contribution in [0.2, 0.25) is 0 Å². The molecule has 1 aliphatic heterocycles. The Hall–Kier alpha value is -2.34. The molecule has 1 aliphatic rings. The minimum Gasteiger partial charge on any atom is -0.368 e. The average molecular weight is 385 g/mol. The van der Waals surface area contributed by atoms with Crippen molar-refractivity contribution < 1.29 is 4.21 Å². The lowest BCUT2D eigenvalue weighted by Gasteiger charge is -2.37. The van der Waals surface area contributed by atoms with Crippen LogP contribution in [0.25, 0.3) is 0 Å². The molecule has 2 aromatic carbocycles. The van der Waals surface area contributed by atoms with Gasteiger partial charge in [-0.2, -0.15) is 0 Å². The van der Waals surface area contributed by atoms with Gasteiger partial charge in [0, 0.05) is 49.1 Å². The zero-order valence-corrected chi connectivity index (χ0v) is 16.7. The molecule has 0 bridgehead atoms. The molecule has 27 heavy (non-hydrogen) atoms. The summed E-state index contributed by atoms with van der Waals surface area (Å²) in [6, 6.07) is 20.1. The van der Waals surface area contributed by atoms with Gasteiger partial charge in [0.1, 0.15) is 0 Å². The maximum atomic E-state index is 12.4. The Morgan fingerprint density at radius 1 is 1.00 bits per heavy atom. The van der Waals surface area contributed by atoms with Crippen molar-refractivity contribution in [3.05, 3.63) is 60.7 Å². The summed E-state index contributed by atoms with van der Waals surface area (Å²) >= 11 is 0. The number of aliphatic imine (C=N–C) groups is 1. The molecular formula is C21H28N4OS. The first-order valence-electron chi connectivity index (χ1n) is 9.54. The number of nitrogens with one attached hydrogen (secondary N) is 1. The normalized spacial score (nSPS) is 16.3. The van der Waals surface area contributed by atoms with E-state index < -0.39 is 10.8 Å². The van der Waals surface area contributed by atoms with E-state index in [4.69, 9.17) is 4.99 Å². The molecule has 0 amide bonds. The van der Waals surface area contributed by atoms with Gasteiger partial charge in [0.15, 0.2) is 5.96 Å². The molecular weight excluding hydrogens is 356 g/mol. The van der Waals surface area contributed by atoms with E-state index in [0.717, 1.165) is 43.6 Å². The molecule has 0 spiro atoms. The Bertz CT molecular complexity index is 743. The molecule has 1 unspecified atom stereocenters. The fraction of sp³-hybridized carbons (Fsp3) is 0.381. The van der Waals surface area contributed by atoms with Gasteiger partial charge < -0.3 is 15.1 Å². The third-order valence-electron chi connectivity index (χ3n) is 4.58. The molecule has 0 saturated carbocycles. The van der Waals surface area contributed by atoms with E-state index in [-0.39, 0.29) is 0 Å². The van der Waals surface area contributed by atoms with Gasteiger partial charge in [0.2, 0.25) is 0 Å². The second-order valence-corrected chi connectivity index (χ2v) is 7.98. The topological polar surface area (TPSA) is 47.9 Å². The Labute approximate surface area is 164 Å². The molecule has 1 atom stereocenters. The maximum absolute atomic E-state index is 12.4. The first kappa shape index (κ1) is 19.4. The van der Waals surface area contributed by atoms with Crippen molar-refractivity contribution in [3.8, 4) is 0 Å². The molecule has 5 nitrogen and oxygen atoms in total. The quantitative estimate of drug-likeness (QED) is 0.614. The molecule has 144 valence electrons. The summed E-state index contributed by atoms with van der Waals surface area (Å²) in [4.78, 5) is 10.3. The number of rotatable bonds is 6. The van der Waals surface area contributed by atoms with Crippen molar-refractivity contribution >= 4 is 22.4 Å². The van der Waals surface area contributed by atoms with E-state index in [9.17, 15) is 4.21 Å². The predicted molar refractivity (Wildman–Crippen MR) is 114 cm³/mol. The van der Waals surface area contributed by atoms with E-state index in [1.807, 2.05) is 30.3 Å². The summed E-state index contributed by atoms with van der Waals surface area (Å²) in [5.41, 5.74) is 1.28. The lowest BCUT2D eigenvalue weighted by molar-refractivity contribution is 0.373. The monoisotopic (exact) mass is 384 g/mol. The summed E-state index contributed by atoms with van der Waals surface area (Å²) in [5.74, 6) is 1.47. The zero-order valence-electron chi connectivity index (χ0n) is 15.9. The van der Waals surface area contributed by atoms with Crippen molar-refractivity contribution in [1.82, 2.24) is 10.2 Å². The molecule has 2 aromatic rings. The highest BCUT2D eigenvalue weighted by molar-refractivity contribution is 7.85. The van der Waals surface area contributed by atoms with Crippen LogP contribution < -0.4 is 10.2 Å². The standard InChI is InChI=1S/C21H28N4OS/c1-2-22-21(23-13-18-27(26)20-11-7-4-8-12-20)25-16-14-24(15-17-25)19-9-5-3-6-10-19/h3-12H,2,13-18H2,1H3,(H,22,23). The zero-order chi connectivity index (χ0) is 18.9. The lowest BCUT2D eigenvalue weighted by atomic mass is 10.2. The Morgan fingerprint density at radius 3 is 2.26 bits per heavy atom. The lowest BCUT2D eigenvalue weighted by Crippen LogP contribution is -2.52. The minimum atomic E-state index is -1.00. The fourth-order valence-electron chi connectivity index (χ4n) is 3.17. The Morgan fingerprint density at radius 2 is 1.63 bits per heavy atom. The van der Waals surface area contributed by atoms with Crippen LogP contribution in [0, 0.1) is 0 Å². The van der Waals surface area contributed by atoms with Gasteiger partial charge >= 0.3 is 0 Å². The number of nitrogens with zero attached hydrogens (tertiary/aromatic N) is 3. The molecule has 0 radical (unpaired) electrons. The second-order valence-electron chi connectivity index (χ2n) is 6.41. The fourth-order valence-corrected chi connectivity index (χ4v) is 4.12. The molecule has 1 saturated heterocycles. The predicted octanol–water partition coefficient (Wildman–Crippen LogP) is 2.58. The summed E-state index contributed by atoms with van der Waals surface area (Å²) in [5, 5.41) is 3.38. The molecule has 1 N–H and O–H groups in total. The van der Waals surface area contributed by atoms with E-state index >= 15 is 0 Å². The molecule has 1 heterocycles. The molecule has 0 aliphatic carbocycles. The molecule has 1 fully saturated rings. The van der Waals surface area contributed by atoms with Crippen molar-refractivity contribution in [2.75, 3.05) is 49.9 Å². The minimum absolute atomic E-state index is 0.545. The molecule has 3 rings (SSSR count). The van der Waals surface area contributed by atoms with Crippen LogP contribution in [-0.2, 0) is 10.8 Å². The van der Waals surface area contributed by atoms with Crippen LogP contribution in [0.5, 0.6) is 0 Å². The third kappa shape index (κ3) is 5.57. The average Bonchev–Trinajstić information content (AvgIpc) is 2.74. The van der Waals surface area contributed by atoms with Crippen LogP contribution in [0.3, 0.4) is 0 Å². The molecule has 0 aromatic heterocycles. The van der Waals surface area contributed by atoms with Crippen LogP contribution in [0.1, 0.15) is 6.92 Å². The van der Waals surface area contributed by atoms with Crippen molar-refractivity contribution in [1.29, 1.82) is 0 Å². The van der Waals surface area contributed by atoms with Crippen molar-refractivity contribution in [2.45, 2.75) is 11.8 Å². The third-order valence-corrected chi connectivity index (χ3v) is 5.93. The van der Waals surface area contributed by atoms with Crippen LogP contribution >= 0.6 is 0 Å². The Kier molecular flexibility index (Phi) is 7.27. The van der Waals surface area contributed by atoms with E-state index in [1.165, 1.54) is 5.69 Å². The van der Waals surface area contributed by atoms with Crippen LogP contribution in [0.4, 0.5) is 5.69 Å². The van der Waals surface area contributed by atoms with Gasteiger partial charge in [-0.3, -0.25) is 9.20 Å². The van der Waals surface area contributed by atoms with Gasteiger partial charge in [-0.25, -0.2) is 0 Å². The number of anilines is 1. The van der Waals surface area contributed by atoms with Crippen molar-refractivity contribution in [3.63, 3.8) is 0 Å². The van der Waals surface area contributed by atoms with E-state index in [0.29, 0.717) is 12.3 Å². The maximum Gasteiger partial charge on any atom is 0.194 e. The summed E-state index contributed by atoms with van der Waals surface area (Å²) < 4.78 is 12.4. The summed E-state index contributed by atoms with van der Waals surface area (Å²) in [6.45, 7) is 7.29. The van der Waals surface area contributed by atoms with Gasteiger partial charge in [-0.1, -0.05) is 36.4 Å². The number of guanidine groups is 1. The largest absolute Gasteiger partial charge is 0.368 e. The summed E-state index contributed by atoms with van der Waals surface area (Å²) in [6.07, 6.45) is 0. The Balaban J connectivity index is 1.54. The highest BCUT2D eigenvalue weighted by Crippen LogP contribution is 2.15. The SMILES string of the molecule is CCNC(=NCCS(=O)c1ccccc1)N1CCN(c2ccccc2)CC1. The molecule has 6 heteroatoms. The first-order valence-corrected chi connectivity index (χ1v) is 10.9. The summed E-state index contributed by atoms with van der Waals surface area (Å²) in [7, 11) is -1.00. The number of benzene rings is 2. The van der Waals surface area contributed by atoms with E-state index in [1.54, 1.807) is 0 Å². The first-order chi connectivity index (χ1) is 13.3. The smallest absolute Gasteiger partial charge is 0.194 e. The number of hydrogen-bond acceptors (Lipinski definition) is 3. The number of piperazine rings is 1.